The van der Waals surface area contributed by atoms with Gasteiger partial charge in [-0.05, 0) is 62.3 Å². The molecule has 0 aliphatic heterocycles. The van der Waals surface area contributed by atoms with Crippen LogP contribution in [0.1, 0.15) is 58.2 Å². The van der Waals surface area contributed by atoms with Crippen LogP contribution in [-0.2, 0) is 16.8 Å². The van der Waals surface area contributed by atoms with Crippen molar-refractivity contribution in [1.29, 1.82) is 0 Å². The molecule has 0 saturated heterocycles. The lowest BCUT2D eigenvalue weighted by molar-refractivity contribution is -0.117. The summed E-state index contributed by atoms with van der Waals surface area (Å²) >= 11 is 0. The van der Waals surface area contributed by atoms with E-state index in [0.29, 0.717) is 30.6 Å². The van der Waals surface area contributed by atoms with E-state index in [1.807, 2.05) is 12.1 Å². The molecule has 3 rings (SSSR count). The zero-order chi connectivity index (χ0) is 20.5. The molecule has 1 amide bonds. The molecule has 0 radical (unpaired) electrons. The number of carbonyl (C=O) groups is 1. The van der Waals surface area contributed by atoms with Gasteiger partial charge in [-0.1, -0.05) is 37.6 Å². The van der Waals surface area contributed by atoms with Crippen molar-refractivity contribution in [1.82, 2.24) is 4.98 Å². The van der Waals surface area contributed by atoms with Crippen molar-refractivity contribution < 1.29 is 4.79 Å². The second kappa shape index (κ2) is 8.18. The zero-order valence-corrected chi connectivity index (χ0v) is 17.6. The number of nitrogens with zero attached hydrogens (tertiary/aromatic N) is 1. The molecule has 1 aromatic heterocycles. The summed E-state index contributed by atoms with van der Waals surface area (Å²) < 4.78 is 0. The van der Waals surface area contributed by atoms with Crippen LogP contribution < -0.4 is 16.8 Å². The van der Waals surface area contributed by atoms with E-state index in [2.05, 4.69) is 45.2 Å². The highest BCUT2D eigenvalue weighted by Gasteiger charge is 2.44. The zero-order valence-electron chi connectivity index (χ0n) is 17.6. The van der Waals surface area contributed by atoms with E-state index in [-0.39, 0.29) is 11.8 Å². The second-order valence-electron chi connectivity index (χ2n) is 8.89. The predicted molar refractivity (Wildman–Crippen MR) is 115 cm³/mol. The Labute approximate surface area is 168 Å². The maximum absolute atomic E-state index is 12.5. The summed E-state index contributed by atoms with van der Waals surface area (Å²) in [6.07, 6.45) is 7.50. The molecule has 2 aliphatic carbocycles. The number of aromatic nitrogens is 1. The molecule has 5 N–H and O–H groups in total. The Bertz CT molecular complexity index is 811. The van der Waals surface area contributed by atoms with Gasteiger partial charge < -0.3 is 16.8 Å². The van der Waals surface area contributed by atoms with Gasteiger partial charge in [0.1, 0.15) is 5.82 Å². The summed E-state index contributed by atoms with van der Waals surface area (Å²) in [5, 5.41) is 2.97. The van der Waals surface area contributed by atoms with Gasteiger partial charge in [-0.3, -0.25) is 4.79 Å². The maximum atomic E-state index is 12.5. The quantitative estimate of drug-likeness (QED) is 0.655. The lowest BCUT2D eigenvalue weighted by Crippen LogP contribution is -2.47. The van der Waals surface area contributed by atoms with Gasteiger partial charge in [-0.15, -0.1) is 0 Å². The number of hydrogen-bond donors (Lipinski definition) is 3. The topological polar surface area (TPSA) is 94.0 Å². The Morgan fingerprint density at radius 1 is 1.43 bits per heavy atom. The van der Waals surface area contributed by atoms with Crippen LogP contribution in [0.5, 0.6) is 0 Å². The van der Waals surface area contributed by atoms with Crippen LogP contribution in [0.4, 0.5) is 5.82 Å². The standard InChI is InChI=1S/C23H34N4O/c1-5-18-17-9-15(4)12-23(18,25)19-6-7-21(26-20(19)11-17)27-22(28)10-16(13-24)8-14(2)3/h5-7,9,14,16-17H,8,10-13,24-25H2,1-4H3,(H,26,27,28)/b18-5+/t16-,17?,23?/m0/s1. The highest BCUT2D eigenvalue weighted by Crippen LogP contribution is 2.48. The molecule has 5 nitrogen and oxygen atoms in total. The molecule has 3 atom stereocenters. The third-order valence-corrected chi connectivity index (χ3v) is 6.02. The minimum Gasteiger partial charge on any atom is -0.330 e. The molecule has 5 heteroatoms. The molecular weight excluding hydrogens is 348 g/mol. The number of hydrogen-bond acceptors (Lipinski definition) is 4. The van der Waals surface area contributed by atoms with E-state index in [1.165, 1.54) is 11.1 Å². The fourth-order valence-corrected chi connectivity index (χ4v) is 4.98. The van der Waals surface area contributed by atoms with Gasteiger partial charge in [-0.2, -0.15) is 0 Å². The summed E-state index contributed by atoms with van der Waals surface area (Å²) in [6.45, 7) is 9.05. The average Bonchev–Trinajstić information content (AvgIpc) is 2.59. The minimum absolute atomic E-state index is 0.0214. The van der Waals surface area contributed by atoms with E-state index >= 15 is 0 Å². The molecule has 0 fully saturated rings. The first kappa shape index (κ1) is 20.7. The molecule has 2 unspecified atom stereocenters. The van der Waals surface area contributed by atoms with Crippen LogP contribution in [0.25, 0.3) is 0 Å². The van der Waals surface area contributed by atoms with Gasteiger partial charge >= 0.3 is 0 Å². The first-order valence-electron chi connectivity index (χ1n) is 10.4. The van der Waals surface area contributed by atoms with Crippen molar-refractivity contribution in [3.63, 3.8) is 0 Å². The Kier molecular flexibility index (Phi) is 6.06. The second-order valence-corrected chi connectivity index (χ2v) is 8.89. The van der Waals surface area contributed by atoms with Crippen LogP contribution in [0.2, 0.25) is 0 Å². The fourth-order valence-electron chi connectivity index (χ4n) is 4.98. The number of nitrogens with one attached hydrogen (secondary N) is 1. The van der Waals surface area contributed by atoms with E-state index in [0.717, 1.165) is 30.5 Å². The summed E-state index contributed by atoms with van der Waals surface area (Å²) in [5.74, 6) is 1.61. The van der Waals surface area contributed by atoms with Crippen LogP contribution in [0, 0.1) is 17.8 Å². The summed E-state index contributed by atoms with van der Waals surface area (Å²) in [6, 6.07) is 3.93. The average molecular weight is 383 g/mol. The lowest BCUT2D eigenvalue weighted by atomic mass is 9.63. The van der Waals surface area contributed by atoms with Gasteiger partial charge in [-0.25, -0.2) is 4.98 Å². The molecule has 152 valence electrons. The van der Waals surface area contributed by atoms with Crippen molar-refractivity contribution in [2.24, 2.45) is 29.2 Å². The number of nitrogens with two attached hydrogens (primary N) is 2. The Morgan fingerprint density at radius 2 is 2.18 bits per heavy atom. The normalized spacial score (nSPS) is 26.0. The fraction of sp³-hybridized carbons (Fsp3) is 0.565. The van der Waals surface area contributed by atoms with Gasteiger partial charge in [0.25, 0.3) is 0 Å². The molecule has 0 spiro atoms. The largest absolute Gasteiger partial charge is 0.330 e. The molecule has 0 aromatic carbocycles. The third-order valence-electron chi connectivity index (χ3n) is 6.02. The van der Waals surface area contributed by atoms with Crippen molar-refractivity contribution in [3.05, 3.63) is 46.7 Å². The van der Waals surface area contributed by atoms with E-state index in [9.17, 15) is 4.79 Å². The number of pyridine rings is 1. The Morgan fingerprint density at radius 3 is 2.82 bits per heavy atom. The van der Waals surface area contributed by atoms with Crippen LogP contribution in [0.3, 0.4) is 0 Å². The van der Waals surface area contributed by atoms with Gasteiger partial charge in [0.2, 0.25) is 5.91 Å². The number of allylic oxidation sites excluding steroid dienone is 2. The number of amides is 1. The first-order chi connectivity index (χ1) is 13.3. The number of rotatable bonds is 6. The monoisotopic (exact) mass is 382 g/mol. The number of anilines is 1. The summed E-state index contributed by atoms with van der Waals surface area (Å²) in [7, 11) is 0. The van der Waals surface area contributed by atoms with Crippen LogP contribution in [-0.4, -0.2) is 17.4 Å². The van der Waals surface area contributed by atoms with E-state index in [1.54, 1.807) is 0 Å². The molecule has 2 aliphatic rings. The van der Waals surface area contributed by atoms with Crippen LogP contribution >= 0.6 is 0 Å². The molecule has 1 heterocycles. The highest BCUT2D eigenvalue weighted by molar-refractivity contribution is 5.90. The Hall–Kier alpha value is -1.98. The minimum atomic E-state index is -0.483. The number of carbonyl (C=O) groups excluding carboxylic acids is 1. The molecule has 2 bridgehead atoms. The molecular formula is C23H34N4O. The van der Waals surface area contributed by atoms with Gasteiger partial charge in [0.15, 0.2) is 0 Å². The molecule has 28 heavy (non-hydrogen) atoms. The SMILES string of the molecule is C/C=C1\C2C=C(C)CC1(N)c1ccc(NC(=O)C[C@@H](CN)CC(C)C)nc1C2. The Balaban J connectivity index is 1.79. The molecule has 1 aromatic rings. The van der Waals surface area contributed by atoms with Crippen LogP contribution in [0.15, 0.2) is 35.4 Å². The predicted octanol–water partition coefficient (Wildman–Crippen LogP) is 3.65. The van der Waals surface area contributed by atoms with E-state index < -0.39 is 5.54 Å². The lowest BCUT2D eigenvalue weighted by Gasteiger charge is -2.45. The molecule has 0 saturated carbocycles. The summed E-state index contributed by atoms with van der Waals surface area (Å²) in [4.78, 5) is 17.3. The smallest absolute Gasteiger partial charge is 0.225 e. The van der Waals surface area contributed by atoms with Crippen molar-refractivity contribution in [2.75, 3.05) is 11.9 Å². The van der Waals surface area contributed by atoms with Crippen molar-refractivity contribution in [3.8, 4) is 0 Å². The van der Waals surface area contributed by atoms with Gasteiger partial charge in [0, 0.05) is 24.5 Å². The van der Waals surface area contributed by atoms with E-state index in [4.69, 9.17) is 16.5 Å². The maximum Gasteiger partial charge on any atom is 0.225 e. The number of fused-ring (bicyclic) bond motifs is 4. The van der Waals surface area contributed by atoms with Crippen molar-refractivity contribution >= 4 is 11.7 Å². The summed E-state index contributed by atoms with van der Waals surface area (Å²) in [5.41, 5.74) is 16.9. The third kappa shape index (κ3) is 4.06. The first-order valence-corrected chi connectivity index (χ1v) is 10.4. The highest BCUT2D eigenvalue weighted by atomic mass is 16.1. The van der Waals surface area contributed by atoms with Gasteiger partial charge in [0.05, 0.1) is 5.54 Å². The van der Waals surface area contributed by atoms with Crippen molar-refractivity contribution in [2.45, 2.75) is 58.9 Å².